The molecule has 0 unspecified atom stereocenters. The number of nitrogens with one attached hydrogen (secondary N) is 1. The van der Waals surface area contributed by atoms with Gasteiger partial charge < -0.3 is 14.8 Å². The van der Waals surface area contributed by atoms with Crippen molar-refractivity contribution in [3.05, 3.63) is 83.9 Å². The van der Waals surface area contributed by atoms with Gasteiger partial charge in [-0.2, -0.15) is 0 Å². The van der Waals surface area contributed by atoms with Crippen molar-refractivity contribution in [1.29, 1.82) is 0 Å². The number of hydrogen-bond donors (Lipinski definition) is 2. The van der Waals surface area contributed by atoms with E-state index in [1.165, 1.54) is 0 Å². The van der Waals surface area contributed by atoms with Crippen LogP contribution >= 0.6 is 0 Å². The summed E-state index contributed by atoms with van der Waals surface area (Å²) in [6, 6.07) is 17.0. The molecule has 0 saturated heterocycles. The second-order valence-corrected chi connectivity index (χ2v) is 6.29. The van der Waals surface area contributed by atoms with E-state index >= 15 is 0 Å². The van der Waals surface area contributed by atoms with Crippen molar-refractivity contribution in [2.75, 3.05) is 5.32 Å². The van der Waals surface area contributed by atoms with Crippen LogP contribution in [-0.4, -0.2) is 25.4 Å². The summed E-state index contributed by atoms with van der Waals surface area (Å²) >= 11 is 0. The van der Waals surface area contributed by atoms with Gasteiger partial charge in [0, 0.05) is 18.1 Å². The topological polar surface area (TPSA) is 79.5 Å². The molecule has 3 heterocycles. The second kappa shape index (κ2) is 7.01. The Bertz CT molecular complexity index is 1130. The number of aliphatic hydroxyl groups is 1. The van der Waals surface area contributed by atoms with E-state index in [4.69, 9.17) is 0 Å². The smallest absolute Gasteiger partial charge is 0.277 e. The second-order valence-electron chi connectivity index (χ2n) is 6.29. The Morgan fingerprint density at radius 2 is 1.89 bits per heavy atom. The van der Waals surface area contributed by atoms with Crippen LogP contribution in [0.3, 0.4) is 0 Å². The molecule has 1 amide bonds. The summed E-state index contributed by atoms with van der Waals surface area (Å²) in [6.07, 6.45) is 3.61. The van der Waals surface area contributed by atoms with Crippen LogP contribution in [0.5, 0.6) is 0 Å². The predicted octanol–water partition coefficient (Wildman–Crippen LogP) is 3.45. The highest BCUT2D eigenvalue weighted by Gasteiger charge is 2.12. The monoisotopic (exact) mass is 358 g/mol. The molecule has 134 valence electrons. The lowest BCUT2D eigenvalue weighted by Gasteiger charge is -2.04. The summed E-state index contributed by atoms with van der Waals surface area (Å²) in [5, 5.41) is 12.1. The zero-order chi connectivity index (χ0) is 18.8. The number of fused-ring (bicyclic) bond motifs is 1. The summed E-state index contributed by atoms with van der Waals surface area (Å²) in [6.45, 7) is 1.87. The molecule has 0 atom stereocenters. The number of carbonyl (C=O) groups is 1. The Morgan fingerprint density at radius 1 is 1.04 bits per heavy atom. The summed E-state index contributed by atoms with van der Waals surface area (Å²) in [5.74, 6) is 0.194. The first-order valence-corrected chi connectivity index (χ1v) is 8.56. The third-order valence-corrected chi connectivity index (χ3v) is 4.26. The fourth-order valence-corrected chi connectivity index (χ4v) is 2.91. The molecule has 6 heteroatoms. The molecule has 2 N–H and O–H groups in total. The molecular formula is C21H18N4O2. The van der Waals surface area contributed by atoms with Crippen molar-refractivity contribution in [3.8, 4) is 11.1 Å². The van der Waals surface area contributed by atoms with Crippen LogP contribution in [0.25, 0.3) is 16.8 Å². The van der Waals surface area contributed by atoms with Crippen LogP contribution in [0.4, 0.5) is 5.82 Å². The largest absolute Gasteiger partial charge is 0.392 e. The zero-order valence-corrected chi connectivity index (χ0v) is 14.8. The van der Waals surface area contributed by atoms with Crippen LogP contribution in [0.1, 0.15) is 21.7 Å². The number of imidazole rings is 1. The van der Waals surface area contributed by atoms with E-state index in [1.54, 1.807) is 12.3 Å². The van der Waals surface area contributed by atoms with Gasteiger partial charge in [-0.1, -0.05) is 24.3 Å². The van der Waals surface area contributed by atoms with E-state index in [1.807, 2.05) is 66.1 Å². The average Bonchev–Trinajstić information content (AvgIpc) is 3.11. The van der Waals surface area contributed by atoms with Gasteiger partial charge in [0.15, 0.2) is 0 Å². The maximum atomic E-state index is 12.5. The third-order valence-electron chi connectivity index (χ3n) is 4.26. The first-order chi connectivity index (χ1) is 13.1. The molecule has 6 nitrogen and oxygen atoms in total. The van der Waals surface area contributed by atoms with Crippen LogP contribution in [0.15, 0.2) is 67.0 Å². The molecule has 0 aliphatic rings. The SMILES string of the molecule is Cc1cccc(NC(=O)c2cn3cc(-c4cccc(CO)c4)ccc3n2)n1. The summed E-state index contributed by atoms with van der Waals surface area (Å²) in [4.78, 5) is 21.1. The number of aromatic nitrogens is 3. The maximum Gasteiger partial charge on any atom is 0.277 e. The van der Waals surface area contributed by atoms with Crippen LogP contribution < -0.4 is 5.32 Å². The third kappa shape index (κ3) is 3.56. The van der Waals surface area contributed by atoms with Crippen molar-refractivity contribution in [2.45, 2.75) is 13.5 Å². The van der Waals surface area contributed by atoms with Gasteiger partial charge >= 0.3 is 0 Å². The van der Waals surface area contributed by atoms with Gasteiger partial charge in [0.05, 0.1) is 6.61 Å². The Balaban J connectivity index is 1.63. The Hall–Kier alpha value is -3.51. The van der Waals surface area contributed by atoms with Crippen molar-refractivity contribution in [2.24, 2.45) is 0 Å². The summed E-state index contributed by atoms with van der Waals surface area (Å²) < 4.78 is 1.82. The molecule has 4 aromatic rings. The number of hydrogen-bond acceptors (Lipinski definition) is 4. The molecule has 0 aliphatic carbocycles. The van der Waals surface area contributed by atoms with Gasteiger partial charge in [-0.05, 0) is 53.9 Å². The van der Waals surface area contributed by atoms with E-state index in [2.05, 4.69) is 15.3 Å². The lowest BCUT2D eigenvalue weighted by Crippen LogP contribution is -2.13. The predicted molar refractivity (Wildman–Crippen MR) is 103 cm³/mol. The molecule has 0 radical (unpaired) electrons. The molecule has 27 heavy (non-hydrogen) atoms. The highest BCUT2D eigenvalue weighted by Crippen LogP contribution is 2.22. The van der Waals surface area contributed by atoms with E-state index < -0.39 is 0 Å². The minimum atomic E-state index is -0.305. The molecule has 0 spiro atoms. The van der Waals surface area contributed by atoms with Gasteiger partial charge in [-0.25, -0.2) is 9.97 Å². The van der Waals surface area contributed by atoms with E-state index in [0.29, 0.717) is 17.2 Å². The van der Waals surface area contributed by atoms with Crippen molar-refractivity contribution >= 4 is 17.4 Å². The average molecular weight is 358 g/mol. The number of benzene rings is 1. The van der Waals surface area contributed by atoms with Gasteiger partial charge in [0.25, 0.3) is 5.91 Å². The van der Waals surface area contributed by atoms with E-state index in [9.17, 15) is 9.90 Å². The molecular weight excluding hydrogens is 340 g/mol. The molecule has 0 fully saturated rings. The first kappa shape index (κ1) is 16.9. The number of aryl methyl sites for hydroxylation is 1. The summed E-state index contributed by atoms with van der Waals surface area (Å²) in [7, 11) is 0. The number of amides is 1. The van der Waals surface area contributed by atoms with Gasteiger partial charge in [0.2, 0.25) is 0 Å². The van der Waals surface area contributed by atoms with Crippen molar-refractivity contribution in [1.82, 2.24) is 14.4 Å². The molecule has 3 aromatic heterocycles. The molecule has 1 aromatic carbocycles. The molecule has 4 rings (SSSR count). The summed E-state index contributed by atoms with van der Waals surface area (Å²) in [5.41, 5.74) is 4.65. The van der Waals surface area contributed by atoms with Gasteiger partial charge in [0.1, 0.15) is 17.2 Å². The molecule has 0 bridgehead atoms. The molecule has 0 saturated carbocycles. The number of pyridine rings is 2. The Morgan fingerprint density at radius 3 is 2.70 bits per heavy atom. The van der Waals surface area contributed by atoms with E-state index in [0.717, 1.165) is 22.4 Å². The van der Waals surface area contributed by atoms with Gasteiger partial charge in [-0.15, -0.1) is 0 Å². The Kier molecular flexibility index (Phi) is 4.40. The quantitative estimate of drug-likeness (QED) is 0.586. The molecule has 0 aliphatic heterocycles. The van der Waals surface area contributed by atoms with E-state index in [-0.39, 0.29) is 12.5 Å². The number of aliphatic hydroxyl groups excluding tert-OH is 1. The number of rotatable bonds is 4. The number of anilines is 1. The number of carbonyl (C=O) groups excluding carboxylic acids is 1. The highest BCUT2D eigenvalue weighted by molar-refractivity contribution is 6.02. The minimum Gasteiger partial charge on any atom is -0.392 e. The fourth-order valence-electron chi connectivity index (χ4n) is 2.91. The lowest BCUT2D eigenvalue weighted by molar-refractivity contribution is 0.102. The highest BCUT2D eigenvalue weighted by atomic mass is 16.3. The van der Waals surface area contributed by atoms with Crippen LogP contribution in [-0.2, 0) is 6.61 Å². The van der Waals surface area contributed by atoms with Crippen molar-refractivity contribution in [3.63, 3.8) is 0 Å². The minimum absolute atomic E-state index is 0.00151. The van der Waals surface area contributed by atoms with Crippen molar-refractivity contribution < 1.29 is 9.90 Å². The van der Waals surface area contributed by atoms with Gasteiger partial charge in [-0.3, -0.25) is 4.79 Å². The van der Waals surface area contributed by atoms with Crippen LogP contribution in [0.2, 0.25) is 0 Å². The first-order valence-electron chi connectivity index (χ1n) is 8.56. The zero-order valence-electron chi connectivity index (χ0n) is 14.8. The number of nitrogens with zero attached hydrogens (tertiary/aromatic N) is 3. The van der Waals surface area contributed by atoms with Crippen LogP contribution in [0, 0.1) is 6.92 Å². The fraction of sp³-hybridized carbons (Fsp3) is 0.0952. The normalized spacial score (nSPS) is 10.9. The standard InChI is InChI=1S/C21H18N4O2/c1-14-4-2-7-19(22-14)24-21(27)18-12-25-11-17(8-9-20(25)23-18)16-6-3-5-15(10-16)13-26/h2-12,26H,13H2,1H3,(H,22,24,27). The lowest BCUT2D eigenvalue weighted by atomic mass is 10.1. The Labute approximate surface area is 156 Å². The maximum absolute atomic E-state index is 12.5.